The molecule has 2 saturated heterocycles. The molecule has 1 aliphatic carbocycles. The molecule has 2 fully saturated rings. The largest absolute Gasteiger partial charge is 0.461 e. The number of nitrogens with zero attached hydrogens (tertiary/aromatic N) is 4. The van der Waals surface area contributed by atoms with Crippen molar-refractivity contribution in [3.63, 3.8) is 0 Å². The minimum Gasteiger partial charge on any atom is -0.461 e. The number of likely N-dealkylation sites (N-methyl/N-ethyl adjacent to an activating group) is 2. The molecular weight excluding hydrogens is 568 g/mol. The highest BCUT2D eigenvalue weighted by Crippen LogP contribution is 2.53. The van der Waals surface area contributed by atoms with Gasteiger partial charge in [0.25, 0.3) is 20.7 Å². The molecule has 6 N–H and O–H groups in total. The van der Waals surface area contributed by atoms with Crippen LogP contribution in [0.4, 0.5) is 0 Å². The van der Waals surface area contributed by atoms with E-state index >= 15 is 0 Å². The molecular formula is C26H40N8O5S2. The van der Waals surface area contributed by atoms with Crippen LogP contribution < -0.4 is 26.4 Å². The average molecular weight is 609 g/mol. The van der Waals surface area contributed by atoms with E-state index in [1.165, 1.54) is 18.8 Å². The number of benzene rings is 1. The fourth-order valence-corrected chi connectivity index (χ4v) is 8.31. The monoisotopic (exact) mass is 608 g/mol. The Hall–Kier alpha value is -2.55. The highest BCUT2D eigenvalue weighted by atomic mass is 32.2. The van der Waals surface area contributed by atoms with Crippen molar-refractivity contribution in [3.8, 4) is 11.9 Å². The first-order valence-corrected chi connectivity index (χ1v) is 16.4. The number of piperidine rings is 1. The van der Waals surface area contributed by atoms with Gasteiger partial charge in [0.05, 0.1) is 35.2 Å². The summed E-state index contributed by atoms with van der Waals surface area (Å²) in [4.78, 5) is -2.08. The zero-order valence-electron chi connectivity index (χ0n) is 23.7. The van der Waals surface area contributed by atoms with Gasteiger partial charge in [-0.1, -0.05) is 31.5 Å². The van der Waals surface area contributed by atoms with Crippen LogP contribution in [0.3, 0.4) is 0 Å². The topological polar surface area (TPSA) is 168 Å². The number of hydrazine groups is 2. The molecule has 2 aliphatic heterocycles. The van der Waals surface area contributed by atoms with Crippen LogP contribution in [-0.4, -0.2) is 97.9 Å². The van der Waals surface area contributed by atoms with Crippen LogP contribution in [0.15, 0.2) is 52.3 Å². The van der Waals surface area contributed by atoms with E-state index in [-0.39, 0.29) is 23.6 Å². The lowest BCUT2D eigenvalue weighted by Crippen LogP contribution is -2.84. The number of nitrogens with two attached hydrogens (primary N) is 1. The second kappa shape index (κ2) is 13.2. The van der Waals surface area contributed by atoms with Crippen molar-refractivity contribution in [2.75, 3.05) is 59.2 Å². The third-order valence-corrected chi connectivity index (χ3v) is 9.78. The minimum atomic E-state index is -5.10. The third-order valence-electron chi connectivity index (χ3n) is 7.50. The first kappa shape index (κ1) is 31.4. The van der Waals surface area contributed by atoms with E-state index in [1.54, 1.807) is 37.4 Å². The van der Waals surface area contributed by atoms with Gasteiger partial charge >= 0.3 is 0 Å². The predicted molar refractivity (Wildman–Crippen MR) is 157 cm³/mol. The third kappa shape index (κ3) is 5.39. The van der Waals surface area contributed by atoms with Gasteiger partial charge in [0.1, 0.15) is 5.75 Å². The summed E-state index contributed by atoms with van der Waals surface area (Å²) in [6.07, 6.45) is 6.50. The second-order valence-electron chi connectivity index (χ2n) is 9.80. The van der Waals surface area contributed by atoms with Crippen molar-refractivity contribution in [2.24, 2.45) is 5.73 Å². The Kier molecular flexibility index (Phi) is 10.1. The van der Waals surface area contributed by atoms with Crippen LogP contribution in [0.25, 0.3) is 0 Å². The van der Waals surface area contributed by atoms with Crippen LogP contribution in [0, 0.1) is 11.5 Å². The molecule has 0 amide bonds. The van der Waals surface area contributed by atoms with Crippen molar-refractivity contribution >= 4 is 21.9 Å². The maximum absolute atomic E-state index is 14.1. The van der Waals surface area contributed by atoms with Gasteiger partial charge in [0, 0.05) is 33.2 Å². The van der Waals surface area contributed by atoms with E-state index in [9.17, 15) is 18.2 Å². The number of nitriles is 1. The van der Waals surface area contributed by atoms with Gasteiger partial charge in [-0.15, -0.1) is 16.9 Å². The normalized spacial score (nSPS) is 26.6. The Morgan fingerprint density at radius 1 is 1.17 bits per heavy atom. The Labute approximate surface area is 246 Å². The highest BCUT2D eigenvalue weighted by Gasteiger charge is 2.74. The summed E-state index contributed by atoms with van der Waals surface area (Å²) in [5, 5.41) is 24.5. The minimum absolute atomic E-state index is 0.0372. The number of nitrogens with one attached hydrogen (secondary N) is 3. The summed E-state index contributed by atoms with van der Waals surface area (Å²) in [6.45, 7) is 4.77. The van der Waals surface area contributed by atoms with E-state index in [4.69, 9.17) is 15.2 Å². The van der Waals surface area contributed by atoms with E-state index < -0.39 is 20.7 Å². The molecule has 2 unspecified atom stereocenters. The Morgan fingerprint density at radius 2 is 1.80 bits per heavy atom. The number of ether oxygens (including phenoxy) is 2. The summed E-state index contributed by atoms with van der Waals surface area (Å²) in [5.41, 5.74) is 4.72. The second-order valence-corrected chi connectivity index (χ2v) is 12.2. The first-order valence-electron chi connectivity index (χ1n) is 13.7. The molecule has 0 aromatic heterocycles. The lowest BCUT2D eigenvalue weighted by Gasteiger charge is -2.61. The SMILES string of the molecule is CCNC1(S(=O)(=O)O)C(NC)=C(N)C(NC#N)=C(SC)C1(Oc1ccccc1)N(N1CCCCC1)N1CCOCC1. The van der Waals surface area contributed by atoms with Gasteiger partial charge in [-0.2, -0.15) is 13.7 Å². The summed E-state index contributed by atoms with van der Waals surface area (Å²) in [5.74, 6) is 0.354. The Bertz CT molecular complexity index is 1260. The Morgan fingerprint density at radius 3 is 2.34 bits per heavy atom. The van der Waals surface area contributed by atoms with Crippen molar-refractivity contribution in [1.29, 1.82) is 5.26 Å². The molecule has 1 aromatic carbocycles. The molecule has 0 radical (unpaired) electrons. The maximum atomic E-state index is 14.1. The zero-order valence-corrected chi connectivity index (χ0v) is 25.4. The summed E-state index contributed by atoms with van der Waals surface area (Å²) in [7, 11) is -3.57. The van der Waals surface area contributed by atoms with Crippen LogP contribution in [-0.2, 0) is 14.9 Å². The van der Waals surface area contributed by atoms with Gasteiger partial charge in [0.2, 0.25) is 0 Å². The molecule has 13 nitrogen and oxygen atoms in total. The standard InChI is InChI=1S/C26H40N8O5S2/c1-4-31-25(41(35,36)37)23(29-2)21(28)22(30-19-27)24(40-3)26(25,39-20-11-7-5-8-12-20)34(32-13-9-6-10-14-32)33-15-17-38-18-16-33/h5,7-8,11-12,29-31H,4,6,9-10,13-18,28H2,1-3H3,(H,35,36,37). The fraction of sp³-hybridized carbons (Fsp3) is 0.577. The number of hydrogen-bond acceptors (Lipinski definition) is 13. The predicted octanol–water partition coefficient (Wildman–Crippen LogP) is 0.954. The number of morpholine rings is 1. The lowest BCUT2D eigenvalue weighted by atomic mass is 9.88. The van der Waals surface area contributed by atoms with Gasteiger partial charge in [0.15, 0.2) is 6.19 Å². The van der Waals surface area contributed by atoms with Gasteiger partial charge in [-0.25, -0.2) is 10.0 Å². The van der Waals surface area contributed by atoms with Gasteiger partial charge < -0.3 is 20.5 Å². The van der Waals surface area contributed by atoms with E-state index in [1.807, 2.05) is 22.4 Å². The first-order chi connectivity index (χ1) is 19.7. The maximum Gasteiger partial charge on any atom is 0.296 e. The molecule has 0 saturated carbocycles. The van der Waals surface area contributed by atoms with Crippen LogP contribution >= 0.6 is 11.8 Å². The molecule has 4 rings (SSSR count). The number of thioether (sulfide) groups is 1. The fourth-order valence-electron chi connectivity index (χ4n) is 5.96. The Balaban J connectivity index is 2.22. The van der Waals surface area contributed by atoms with E-state index in [0.29, 0.717) is 50.0 Å². The van der Waals surface area contributed by atoms with Crippen LogP contribution in [0.2, 0.25) is 0 Å². The van der Waals surface area contributed by atoms with Crippen LogP contribution in [0.1, 0.15) is 26.2 Å². The van der Waals surface area contributed by atoms with E-state index in [0.717, 1.165) is 19.3 Å². The summed E-state index contributed by atoms with van der Waals surface area (Å²) < 4.78 is 52.3. The number of hydrogen-bond donors (Lipinski definition) is 5. The van der Waals surface area contributed by atoms with Crippen molar-refractivity contribution < 1.29 is 22.4 Å². The molecule has 2 heterocycles. The molecule has 226 valence electrons. The van der Waals surface area contributed by atoms with Crippen molar-refractivity contribution in [2.45, 2.75) is 36.8 Å². The molecule has 0 spiro atoms. The van der Waals surface area contributed by atoms with Crippen LogP contribution in [0.5, 0.6) is 5.75 Å². The van der Waals surface area contributed by atoms with Gasteiger partial charge in [-0.05, 0) is 37.8 Å². The van der Waals surface area contributed by atoms with Crippen molar-refractivity contribution in [1.82, 2.24) is 31.1 Å². The molecule has 15 heteroatoms. The number of rotatable bonds is 11. The number of para-hydroxylation sites is 1. The smallest absolute Gasteiger partial charge is 0.296 e. The average Bonchev–Trinajstić information content (AvgIpc) is 2.97. The molecule has 0 bridgehead atoms. The van der Waals surface area contributed by atoms with Crippen molar-refractivity contribution in [3.05, 3.63) is 52.3 Å². The highest BCUT2D eigenvalue weighted by molar-refractivity contribution is 8.02. The van der Waals surface area contributed by atoms with E-state index in [2.05, 4.69) is 21.0 Å². The zero-order chi connectivity index (χ0) is 29.7. The molecule has 3 aliphatic rings. The quantitative estimate of drug-likeness (QED) is 0.104. The molecule has 2 atom stereocenters. The summed E-state index contributed by atoms with van der Waals surface area (Å²) in [6, 6.07) is 8.86. The lowest BCUT2D eigenvalue weighted by molar-refractivity contribution is -0.312. The summed E-state index contributed by atoms with van der Waals surface area (Å²) >= 11 is 1.19. The molecule has 41 heavy (non-hydrogen) atoms. The van der Waals surface area contributed by atoms with Gasteiger partial charge in [-0.3, -0.25) is 15.2 Å². The molecule has 1 aromatic rings.